The molecule has 0 aliphatic carbocycles. The summed E-state index contributed by atoms with van der Waals surface area (Å²) in [5, 5.41) is 15.0. The molecule has 0 heterocycles. The van der Waals surface area contributed by atoms with Crippen LogP contribution in [0.2, 0.25) is 0 Å². The quantitative estimate of drug-likeness (QED) is 0.611. The van der Waals surface area contributed by atoms with Crippen molar-refractivity contribution < 1.29 is 14.3 Å². The molecule has 0 radical (unpaired) electrons. The van der Waals surface area contributed by atoms with E-state index in [0.29, 0.717) is 17.2 Å². The van der Waals surface area contributed by atoms with E-state index >= 15 is 0 Å². The van der Waals surface area contributed by atoms with Crippen LogP contribution in [0, 0.1) is 25.2 Å². The minimum Gasteiger partial charge on any atom is -0.497 e. The molecule has 0 unspecified atom stereocenters. The van der Waals surface area contributed by atoms with Gasteiger partial charge in [0.1, 0.15) is 23.1 Å². The minimum atomic E-state index is -0.545. The number of anilines is 2. The molecule has 2 N–H and O–H groups in total. The number of benzene rings is 2. The summed E-state index contributed by atoms with van der Waals surface area (Å²) in [5.74, 6) is 0.493. The largest absolute Gasteiger partial charge is 0.497 e. The molecule has 2 rings (SSSR count). The summed E-state index contributed by atoms with van der Waals surface area (Å²) in [7, 11) is 3.03. The van der Waals surface area contributed by atoms with Gasteiger partial charge in [-0.3, -0.25) is 4.79 Å². The van der Waals surface area contributed by atoms with Gasteiger partial charge >= 0.3 is 0 Å². The molecule has 0 aliphatic rings. The van der Waals surface area contributed by atoms with E-state index in [2.05, 4.69) is 10.6 Å². The van der Waals surface area contributed by atoms with E-state index < -0.39 is 5.91 Å². The number of methoxy groups -OCH3 is 2. The highest BCUT2D eigenvalue weighted by Crippen LogP contribution is 2.29. The normalized spacial score (nSPS) is 10.7. The molecule has 0 bridgehead atoms. The number of amides is 1. The molecule has 6 heteroatoms. The summed E-state index contributed by atoms with van der Waals surface area (Å²) < 4.78 is 10.4. The van der Waals surface area contributed by atoms with Gasteiger partial charge in [0.05, 0.1) is 19.9 Å². The summed E-state index contributed by atoms with van der Waals surface area (Å²) in [6.07, 6.45) is 1.39. The van der Waals surface area contributed by atoms with Crippen LogP contribution in [-0.4, -0.2) is 20.1 Å². The number of ether oxygens (including phenoxy) is 2. The van der Waals surface area contributed by atoms with Crippen LogP contribution < -0.4 is 20.1 Å². The monoisotopic (exact) mass is 351 g/mol. The Morgan fingerprint density at radius 2 is 1.85 bits per heavy atom. The zero-order valence-corrected chi connectivity index (χ0v) is 15.2. The predicted molar refractivity (Wildman–Crippen MR) is 101 cm³/mol. The number of hydrogen-bond acceptors (Lipinski definition) is 5. The topological polar surface area (TPSA) is 83.4 Å². The SMILES string of the molecule is COc1ccc(OC)c(NC(=O)/C(C#N)=C\Nc2ccc(C)cc2C)c1. The maximum atomic E-state index is 12.4. The van der Waals surface area contributed by atoms with Crippen molar-refractivity contribution in [2.75, 3.05) is 24.9 Å². The van der Waals surface area contributed by atoms with E-state index in [0.717, 1.165) is 16.8 Å². The van der Waals surface area contributed by atoms with Crippen molar-refractivity contribution >= 4 is 17.3 Å². The molecule has 2 aromatic rings. The third kappa shape index (κ3) is 4.54. The first-order valence-corrected chi connectivity index (χ1v) is 7.96. The third-order valence-electron chi connectivity index (χ3n) is 3.77. The van der Waals surface area contributed by atoms with Crippen LogP contribution >= 0.6 is 0 Å². The minimum absolute atomic E-state index is 0.0603. The van der Waals surface area contributed by atoms with Crippen LogP contribution in [0.3, 0.4) is 0 Å². The lowest BCUT2D eigenvalue weighted by atomic mass is 10.1. The van der Waals surface area contributed by atoms with Crippen LogP contribution in [0.5, 0.6) is 11.5 Å². The molecule has 0 spiro atoms. The van der Waals surface area contributed by atoms with E-state index in [1.807, 2.05) is 38.1 Å². The van der Waals surface area contributed by atoms with Crippen LogP contribution in [-0.2, 0) is 4.79 Å². The van der Waals surface area contributed by atoms with Gasteiger partial charge in [0.25, 0.3) is 5.91 Å². The Bertz CT molecular complexity index is 882. The number of carbonyl (C=O) groups is 1. The molecule has 134 valence electrons. The first kappa shape index (κ1) is 18.9. The molecule has 0 aliphatic heterocycles. The van der Waals surface area contributed by atoms with Crippen molar-refractivity contribution in [2.24, 2.45) is 0 Å². The first-order valence-electron chi connectivity index (χ1n) is 7.96. The lowest BCUT2D eigenvalue weighted by Crippen LogP contribution is -2.15. The second kappa shape index (κ2) is 8.58. The molecule has 0 fully saturated rings. The molecule has 6 nitrogen and oxygen atoms in total. The van der Waals surface area contributed by atoms with E-state index in [-0.39, 0.29) is 5.57 Å². The molecule has 0 aromatic heterocycles. The third-order valence-corrected chi connectivity index (χ3v) is 3.77. The van der Waals surface area contributed by atoms with Gasteiger partial charge in [-0.1, -0.05) is 17.7 Å². The van der Waals surface area contributed by atoms with E-state index in [1.54, 1.807) is 18.2 Å². The van der Waals surface area contributed by atoms with Gasteiger partial charge < -0.3 is 20.1 Å². The van der Waals surface area contributed by atoms with Gasteiger partial charge in [-0.15, -0.1) is 0 Å². The second-order valence-electron chi connectivity index (χ2n) is 5.65. The molecule has 2 aromatic carbocycles. The number of aryl methyl sites for hydroxylation is 2. The standard InChI is InChI=1S/C20H21N3O3/c1-13-5-7-17(14(2)9-13)22-12-15(11-21)20(24)23-18-10-16(25-3)6-8-19(18)26-4/h5-10,12,22H,1-4H3,(H,23,24)/b15-12-. The van der Waals surface area contributed by atoms with Crippen molar-refractivity contribution in [3.63, 3.8) is 0 Å². The fourth-order valence-corrected chi connectivity index (χ4v) is 2.38. The van der Waals surface area contributed by atoms with Crippen molar-refractivity contribution in [1.82, 2.24) is 0 Å². The Morgan fingerprint density at radius 1 is 1.08 bits per heavy atom. The zero-order chi connectivity index (χ0) is 19.1. The summed E-state index contributed by atoms with van der Waals surface area (Å²) in [4.78, 5) is 12.4. The van der Waals surface area contributed by atoms with Crippen LogP contribution in [0.1, 0.15) is 11.1 Å². The molecule has 26 heavy (non-hydrogen) atoms. The summed E-state index contributed by atoms with van der Waals surface area (Å²) >= 11 is 0. The lowest BCUT2D eigenvalue weighted by molar-refractivity contribution is -0.112. The van der Waals surface area contributed by atoms with Crippen molar-refractivity contribution in [2.45, 2.75) is 13.8 Å². The fraction of sp³-hybridized carbons (Fsp3) is 0.200. The molecule has 0 saturated carbocycles. The molecule has 0 saturated heterocycles. The molecule has 1 amide bonds. The molecular formula is C20H21N3O3. The summed E-state index contributed by atoms with van der Waals surface area (Å²) in [5.41, 5.74) is 3.35. The number of carbonyl (C=O) groups excluding carboxylic acids is 1. The molecular weight excluding hydrogens is 330 g/mol. The van der Waals surface area contributed by atoms with E-state index in [9.17, 15) is 10.1 Å². The van der Waals surface area contributed by atoms with Crippen LogP contribution in [0.25, 0.3) is 0 Å². The zero-order valence-electron chi connectivity index (χ0n) is 15.2. The summed E-state index contributed by atoms with van der Waals surface area (Å²) in [6, 6.07) is 12.8. The Balaban J connectivity index is 2.20. The smallest absolute Gasteiger partial charge is 0.267 e. The highest BCUT2D eigenvalue weighted by atomic mass is 16.5. The van der Waals surface area contributed by atoms with Crippen molar-refractivity contribution in [3.8, 4) is 17.6 Å². The number of nitrogens with one attached hydrogen (secondary N) is 2. The number of rotatable bonds is 6. The van der Waals surface area contributed by atoms with Gasteiger partial charge in [-0.25, -0.2) is 0 Å². The van der Waals surface area contributed by atoms with Gasteiger partial charge in [0, 0.05) is 18.0 Å². The van der Waals surface area contributed by atoms with Gasteiger partial charge in [-0.05, 0) is 37.6 Å². The van der Waals surface area contributed by atoms with Gasteiger partial charge in [0.15, 0.2) is 0 Å². The molecule has 0 atom stereocenters. The number of nitriles is 1. The lowest BCUT2D eigenvalue weighted by Gasteiger charge is -2.12. The van der Waals surface area contributed by atoms with Crippen molar-refractivity contribution in [3.05, 3.63) is 59.3 Å². The number of hydrogen-bond donors (Lipinski definition) is 2. The Kier molecular flexibility index (Phi) is 6.23. The van der Waals surface area contributed by atoms with E-state index in [4.69, 9.17) is 9.47 Å². The maximum Gasteiger partial charge on any atom is 0.267 e. The summed E-state index contributed by atoms with van der Waals surface area (Å²) in [6.45, 7) is 3.96. The maximum absolute atomic E-state index is 12.4. The Hall–Kier alpha value is -3.46. The van der Waals surface area contributed by atoms with Crippen molar-refractivity contribution in [1.29, 1.82) is 5.26 Å². The predicted octanol–water partition coefficient (Wildman–Crippen LogP) is 3.78. The highest BCUT2D eigenvalue weighted by molar-refractivity contribution is 6.07. The van der Waals surface area contributed by atoms with E-state index in [1.165, 1.54) is 20.4 Å². The average molecular weight is 351 g/mol. The first-order chi connectivity index (χ1) is 12.5. The highest BCUT2D eigenvalue weighted by Gasteiger charge is 2.13. The fourth-order valence-electron chi connectivity index (χ4n) is 2.38. The average Bonchev–Trinajstić information content (AvgIpc) is 2.63. The van der Waals surface area contributed by atoms with Crippen LogP contribution in [0.15, 0.2) is 48.2 Å². The van der Waals surface area contributed by atoms with Gasteiger partial charge in [0.2, 0.25) is 0 Å². The van der Waals surface area contributed by atoms with Gasteiger partial charge in [-0.2, -0.15) is 5.26 Å². The number of nitrogens with zero attached hydrogens (tertiary/aromatic N) is 1. The van der Waals surface area contributed by atoms with Crippen LogP contribution in [0.4, 0.5) is 11.4 Å². The Morgan fingerprint density at radius 3 is 2.46 bits per heavy atom. The Labute approximate surface area is 153 Å². The second-order valence-corrected chi connectivity index (χ2v) is 5.65.